The lowest BCUT2D eigenvalue weighted by Gasteiger charge is -2.43. The molecule has 1 aliphatic rings. The van der Waals surface area contributed by atoms with E-state index < -0.39 is 17.8 Å². The molecule has 0 bridgehead atoms. The summed E-state index contributed by atoms with van der Waals surface area (Å²) >= 11 is 0. The van der Waals surface area contributed by atoms with Crippen LogP contribution in [0.4, 0.5) is 5.69 Å². The Morgan fingerprint density at radius 2 is 1.92 bits per heavy atom. The molecule has 2 aromatic carbocycles. The number of hydrogen-bond acceptors (Lipinski definition) is 5. The van der Waals surface area contributed by atoms with Crippen LogP contribution in [-0.4, -0.2) is 24.8 Å². The van der Waals surface area contributed by atoms with Gasteiger partial charge in [-0.25, -0.2) is 0 Å². The van der Waals surface area contributed by atoms with Gasteiger partial charge in [0.2, 0.25) is 0 Å². The first-order valence-electron chi connectivity index (χ1n) is 8.71. The summed E-state index contributed by atoms with van der Waals surface area (Å²) in [5.41, 5.74) is 2.34. The normalized spacial score (nSPS) is 20.6. The van der Waals surface area contributed by atoms with Crippen LogP contribution in [0.5, 0.6) is 5.75 Å². The van der Waals surface area contributed by atoms with Gasteiger partial charge in [-0.2, -0.15) is 0 Å². The average molecular weight is 355 g/mol. The maximum atomic E-state index is 11.6. The van der Waals surface area contributed by atoms with Crippen LogP contribution >= 0.6 is 0 Å². The number of rotatable bonds is 5. The fourth-order valence-electron chi connectivity index (χ4n) is 3.28. The molecule has 138 valence electrons. The third kappa shape index (κ3) is 3.83. The minimum absolute atomic E-state index is 0.351. The molecule has 2 unspecified atom stereocenters. The van der Waals surface area contributed by atoms with Gasteiger partial charge in [-0.1, -0.05) is 30.3 Å². The molecule has 1 N–H and O–H groups in total. The van der Waals surface area contributed by atoms with Crippen molar-refractivity contribution in [2.24, 2.45) is 0 Å². The van der Waals surface area contributed by atoms with Crippen LogP contribution in [-0.2, 0) is 20.8 Å². The van der Waals surface area contributed by atoms with Crippen LogP contribution in [0.15, 0.2) is 48.5 Å². The number of carbonyl (C=O) groups is 1. The quantitative estimate of drug-likeness (QED) is 0.819. The summed E-state index contributed by atoms with van der Waals surface area (Å²) in [6.07, 6.45) is -0.919. The average Bonchev–Trinajstić information content (AvgIpc) is 2.61. The van der Waals surface area contributed by atoms with Gasteiger partial charge in [-0.3, -0.25) is 4.79 Å². The Kier molecular flexibility index (Phi) is 5.18. The van der Waals surface area contributed by atoms with Gasteiger partial charge in [0.25, 0.3) is 0 Å². The number of methoxy groups -OCH3 is 1. The van der Waals surface area contributed by atoms with Crippen molar-refractivity contribution in [1.82, 2.24) is 0 Å². The van der Waals surface area contributed by atoms with Crippen molar-refractivity contribution in [3.63, 3.8) is 0 Å². The number of fused-ring (bicyclic) bond motifs is 1. The lowest BCUT2D eigenvalue weighted by atomic mass is 9.88. The van der Waals surface area contributed by atoms with E-state index >= 15 is 0 Å². The smallest absolute Gasteiger partial charge is 0.303 e. The predicted octanol–water partition coefficient (Wildman–Crippen LogP) is 4.09. The molecule has 5 nitrogen and oxygen atoms in total. The van der Waals surface area contributed by atoms with Crippen LogP contribution < -0.4 is 10.1 Å². The van der Waals surface area contributed by atoms with E-state index in [1.54, 1.807) is 7.11 Å². The van der Waals surface area contributed by atoms with E-state index in [4.69, 9.17) is 14.2 Å². The van der Waals surface area contributed by atoms with Crippen molar-refractivity contribution in [2.45, 2.75) is 45.1 Å². The summed E-state index contributed by atoms with van der Waals surface area (Å²) in [5.74, 6) is 0.394. The molecule has 0 aliphatic carbocycles. The van der Waals surface area contributed by atoms with E-state index in [2.05, 4.69) is 17.4 Å². The molecule has 2 aromatic rings. The maximum Gasteiger partial charge on any atom is 0.303 e. The fourth-order valence-corrected chi connectivity index (χ4v) is 3.28. The Balaban J connectivity index is 1.86. The molecular weight excluding hydrogens is 330 g/mol. The van der Waals surface area contributed by atoms with E-state index in [9.17, 15) is 4.79 Å². The Morgan fingerprint density at radius 3 is 2.58 bits per heavy atom. The van der Waals surface area contributed by atoms with E-state index in [0.717, 1.165) is 23.5 Å². The van der Waals surface area contributed by atoms with Crippen molar-refractivity contribution < 1.29 is 19.0 Å². The second-order valence-electron chi connectivity index (χ2n) is 6.98. The molecule has 1 aliphatic heterocycles. The topological polar surface area (TPSA) is 56.8 Å². The zero-order valence-corrected chi connectivity index (χ0v) is 15.6. The first kappa shape index (κ1) is 18.3. The predicted molar refractivity (Wildman–Crippen MR) is 100 cm³/mol. The van der Waals surface area contributed by atoms with E-state index in [-0.39, 0.29) is 5.97 Å². The van der Waals surface area contributed by atoms with Gasteiger partial charge in [0, 0.05) is 31.8 Å². The van der Waals surface area contributed by atoms with E-state index in [0.29, 0.717) is 0 Å². The highest BCUT2D eigenvalue weighted by Gasteiger charge is 2.46. The highest BCUT2D eigenvalue weighted by molar-refractivity contribution is 5.66. The number of carbonyl (C=O) groups excluding carboxylic acids is 1. The Labute approximate surface area is 154 Å². The van der Waals surface area contributed by atoms with Gasteiger partial charge in [-0.15, -0.1) is 0 Å². The Hall–Kier alpha value is -2.53. The Bertz CT molecular complexity index is 773. The summed E-state index contributed by atoms with van der Waals surface area (Å²) in [6, 6.07) is 16.1. The number of hydrogen-bond donors (Lipinski definition) is 1. The second-order valence-corrected chi connectivity index (χ2v) is 6.98. The van der Waals surface area contributed by atoms with E-state index in [1.165, 1.54) is 12.5 Å². The first-order valence-corrected chi connectivity index (χ1v) is 8.71. The van der Waals surface area contributed by atoms with Crippen LogP contribution in [0.25, 0.3) is 0 Å². The van der Waals surface area contributed by atoms with E-state index in [1.807, 2.05) is 50.2 Å². The van der Waals surface area contributed by atoms with Crippen molar-refractivity contribution >= 4 is 11.7 Å². The van der Waals surface area contributed by atoms with Gasteiger partial charge < -0.3 is 19.5 Å². The molecule has 0 spiro atoms. The summed E-state index contributed by atoms with van der Waals surface area (Å²) in [5, 5.41) is 3.41. The van der Waals surface area contributed by atoms with Crippen molar-refractivity contribution in [3.8, 4) is 5.75 Å². The largest absolute Gasteiger partial charge is 0.483 e. The number of benzene rings is 2. The SMILES string of the molecule is COC1c2cc(NCc3ccccc3)ccc2OC(C)(C)C1OC(C)=O. The Morgan fingerprint density at radius 1 is 1.19 bits per heavy atom. The minimum Gasteiger partial charge on any atom is -0.483 e. The van der Waals surface area contributed by atoms with Crippen molar-refractivity contribution in [1.29, 1.82) is 0 Å². The lowest BCUT2D eigenvalue weighted by molar-refractivity contribution is -0.178. The fraction of sp³-hybridized carbons (Fsp3) is 0.381. The summed E-state index contributed by atoms with van der Waals surface area (Å²) < 4.78 is 17.3. The first-order chi connectivity index (χ1) is 12.4. The molecular formula is C21H25NO4. The third-order valence-electron chi connectivity index (χ3n) is 4.54. The van der Waals surface area contributed by atoms with Crippen molar-refractivity contribution in [2.75, 3.05) is 12.4 Å². The standard InChI is InChI=1S/C21H25NO4/c1-14(23)25-20-19(24-4)17-12-16(10-11-18(17)26-21(20,2)3)22-13-15-8-6-5-7-9-15/h5-12,19-20,22H,13H2,1-4H3. The molecule has 0 radical (unpaired) electrons. The molecule has 2 atom stereocenters. The molecule has 0 saturated heterocycles. The zero-order valence-electron chi connectivity index (χ0n) is 15.6. The highest BCUT2D eigenvalue weighted by Crippen LogP contribution is 2.44. The van der Waals surface area contributed by atoms with Crippen LogP contribution in [0, 0.1) is 0 Å². The van der Waals surface area contributed by atoms with Crippen LogP contribution in [0.3, 0.4) is 0 Å². The zero-order chi connectivity index (χ0) is 18.7. The third-order valence-corrected chi connectivity index (χ3v) is 4.54. The number of ether oxygens (including phenoxy) is 3. The number of esters is 1. The number of anilines is 1. The summed E-state index contributed by atoms with van der Waals surface area (Å²) in [7, 11) is 1.62. The molecule has 0 aromatic heterocycles. The summed E-state index contributed by atoms with van der Waals surface area (Å²) in [4.78, 5) is 11.6. The highest BCUT2D eigenvalue weighted by atomic mass is 16.6. The molecule has 0 amide bonds. The molecule has 0 fully saturated rings. The lowest BCUT2D eigenvalue weighted by Crippen LogP contribution is -2.51. The number of nitrogens with one attached hydrogen (secondary N) is 1. The summed E-state index contributed by atoms with van der Waals surface area (Å²) in [6.45, 7) is 5.92. The van der Waals surface area contributed by atoms with Crippen LogP contribution in [0.2, 0.25) is 0 Å². The van der Waals surface area contributed by atoms with Gasteiger partial charge in [-0.05, 0) is 37.6 Å². The van der Waals surface area contributed by atoms with Crippen LogP contribution in [0.1, 0.15) is 38.0 Å². The molecule has 3 rings (SSSR count). The van der Waals surface area contributed by atoms with Crippen molar-refractivity contribution in [3.05, 3.63) is 59.7 Å². The monoisotopic (exact) mass is 355 g/mol. The minimum atomic E-state index is -0.682. The second kappa shape index (κ2) is 7.38. The van der Waals surface area contributed by atoms with Gasteiger partial charge in [0.05, 0.1) is 0 Å². The maximum absolute atomic E-state index is 11.6. The molecule has 0 saturated carbocycles. The van der Waals surface area contributed by atoms with Gasteiger partial charge in [0.1, 0.15) is 17.5 Å². The van der Waals surface area contributed by atoms with Gasteiger partial charge >= 0.3 is 5.97 Å². The molecule has 5 heteroatoms. The van der Waals surface area contributed by atoms with Gasteiger partial charge in [0.15, 0.2) is 6.10 Å². The molecule has 26 heavy (non-hydrogen) atoms. The molecule has 1 heterocycles.